The van der Waals surface area contributed by atoms with Crippen LogP contribution in [0.2, 0.25) is 0 Å². The minimum absolute atomic E-state index is 0.225. The third kappa shape index (κ3) is 6.78. The number of hydrogen-bond acceptors (Lipinski definition) is 4. The van der Waals surface area contributed by atoms with Crippen molar-refractivity contribution < 1.29 is 3.89 Å². The molecule has 4 nitrogen and oxygen atoms in total. The van der Waals surface area contributed by atoms with Crippen LogP contribution in [0.1, 0.15) is 61.8 Å². The smallest absolute Gasteiger partial charge is 0.128 e. The van der Waals surface area contributed by atoms with E-state index in [9.17, 15) is 3.89 Å². The van der Waals surface area contributed by atoms with Crippen LogP contribution in [0.4, 0.5) is 3.89 Å². The fourth-order valence-electron chi connectivity index (χ4n) is 4.68. The molecule has 1 aromatic carbocycles. The van der Waals surface area contributed by atoms with Crippen LogP contribution >= 0.6 is 12.1 Å². The first-order valence-corrected chi connectivity index (χ1v) is 13.1. The summed E-state index contributed by atoms with van der Waals surface area (Å²) in [6.45, 7) is 14.4. The monoisotopic (exact) mass is 482 g/mol. The van der Waals surface area contributed by atoms with Crippen molar-refractivity contribution in [2.24, 2.45) is 5.92 Å². The Balaban J connectivity index is 1.66. The van der Waals surface area contributed by atoms with Crippen LogP contribution in [0.25, 0.3) is 11.4 Å². The number of benzene rings is 1. The van der Waals surface area contributed by atoms with Crippen LogP contribution in [0.3, 0.4) is 0 Å². The number of nitrogens with zero attached hydrogens (tertiary/aromatic N) is 3. The summed E-state index contributed by atoms with van der Waals surface area (Å²) in [6, 6.07) is 8.19. The van der Waals surface area contributed by atoms with Crippen LogP contribution in [-0.2, 0) is 0 Å². The van der Waals surface area contributed by atoms with Gasteiger partial charge in [-0.25, -0.2) is 4.68 Å². The van der Waals surface area contributed by atoms with E-state index in [4.69, 9.17) is 0 Å². The van der Waals surface area contributed by atoms with Gasteiger partial charge in [-0.05, 0) is 61.8 Å². The number of nitrogens with one attached hydrogen (secondary N) is 1. The van der Waals surface area contributed by atoms with E-state index in [1.54, 1.807) is 10.9 Å². The maximum Gasteiger partial charge on any atom is 0.128 e. The highest BCUT2D eigenvalue weighted by atomic mass is 32.2. The zero-order chi connectivity index (χ0) is 24.5. The molecule has 0 unspecified atom stereocenters. The molecule has 3 rings (SSSR count). The second-order valence-electron chi connectivity index (χ2n) is 9.33. The Bertz CT molecular complexity index is 1000. The highest BCUT2D eigenvalue weighted by Crippen LogP contribution is 2.29. The van der Waals surface area contributed by atoms with Crippen molar-refractivity contribution in [3.8, 4) is 0 Å². The quantitative estimate of drug-likeness (QED) is 0.206. The Morgan fingerprint density at radius 2 is 1.91 bits per heavy atom. The lowest BCUT2D eigenvalue weighted by Crippen LogP contribution is -2.27. The van der Waals surface area contributed by atoms with Gasteiger partial charge in [0.25, 0.3) is 0 Å². The number of halogens is 1. The van der Waals surface area contributed by atoms with E-state index in [0.29, 0.717) is 10.8 Å². The summed E-state index contributed by atoms with van der Waals surface area (Å²) >= 11 is 0.225. The standard InChI is InChI=1S/C28H39FN4S/c1-21-13-10-11-16-26(21)22(2)19-28(33-24(4)27(34-29)20-31-33)30-17-12-18-32(5)23(3)25-14-8-6-7-9-15-25/h10-11,13,16,19-20,25,30H,2-3,6-9,12,14-15,17-18H2,1,4-5H3/b28-19-. The first-order chi connectivity index (χ1) is 16.4. The van der Waals surface area contributed by atoms with E-state index in [2.05, 4.69) is 54.6 Å². The SMILES string of the molecule is C=C(/C=C(/NCCCN(C)C(=C)C1CCCCCC1)n1ncc(SF)c1C)c1ccccc1C. The maximum absolute atomic E-state index is 13.3. The van der Waals surface area contributed by atoms with Crippen LogP contribution in [0, 0.1) is 19.8 Å². The van der Waals surface area contributed by atoms with Gasteiger partial charge in [-0.2, -0.15) is 8.98 Å². The van der Waals surface area contributed by atoms with Gasteiger partial charge in [0.05, 0.1) is 28.9 Å². The van der Waals surface area contributed by atoms with Crippen molar-refractivity contribution in [1.29, 1.82) is 0 Å². The predicted molar refractivity (Wildman–Crippen MR) is 144 cm³/mol. The van der Waals surface area contributed by atoms with Gasteiger partial charge in [0, 0.05) is 25.8 Å². The summed E-state index contributed by atoms with van der Waals surface area (Å²) in [5.74, 6) is 1.42. The van der Waals surface area contributed by atoms with Crippen molar-refractivity contribution in [2.75, 3.05) is 20.1 Å². The van der Waals surface area contributed by atoms with E-state index in [1.807, 2.05) is 25.1 Å². The maximum atomic E-state index is 13.3. The molecule has 1 fully saturated rings. The van der Waals surface area contributed by atoms with Gasteiger partial charge >= 0.3 is 0 Å². The molecule has 34 heavy (non-hydrogen) atoms. The Hall–Kier alpha value is -2.47. The Morgan fingerprint density at radius 1 is 1.21 bits per heavy atom. The minimum Gasteiger partial charge on any atom is -0.378 e. The van der Waals surface area contributed by atoms with E-state index in [1.165, 1.54) is 49.8 Å². The lowest BCUT2D eigenvalue weighted by Gasteiger charge is -2.28. The van der Waals surface area contributed by atoms with Gasteiger partial charge in [-0.3, -0.25) is 0 Å². The van der Waals surface area contributed by atoms with Gasteiger partial charge in [0.1, 0.15) is 5.82 Å². The van der Waals surface area contributed by atoms with Gasteiger partial charge in [-0.15, -0.1) is 0 Å². The summed E-state index contributed by atoms with van der Waals surface area (Å²) in [4.78, 5) is 2.85. The summed E-state index contributed by atoms with van der Waals surface area (Å²) in [7, 11) is 2.16. The number of aryl methyl sites for hydroxylation is 1. The molecule has 0 saturated heterocycles. The zero-order valence-electron chi connectivity index (χ0n) is 20.9. The molecule has 0 amide bonds. The largest absolute Gasteiger partial charge is 0.378 e. The average Bonchev–Trinajstić information content (AvgIpc) is 3.02. The molecule has 184 valence electrons. The first kappa shape index (κ1) is 26.1. The minimum atomic E-state index is 0.225. The van der Waals surface area contributed by atoms with Gasteiger partial charge < -0.3 is 10.2 Å². The lowest BCUT2D eigenvalue weighted by molar-refractivity contribution is 0.335. The molecule has 1 aliphatic rings. The predicted octanol–water partition coefficient (Wildman–Crippen LogP) is 7.38. The topological polar surface area (TPSA) is 33.1 Å². The Labute approximate surface area is 209 Å². The van der Waals surface area contributed by atoms with Crippen molar-refractivity contribution in [3.63, 3.8) is 0 Å². The summed E-state index contributed by atoms with van der Waals surface area (Å²) < 4.78 is 15.0. The molecule has 1 aliphatic carbocycles. The van der Waals surface area contributed by atoms with E-state index >= 15 is 0 Å². The van der Waals surface area contributed by atoms with E-state index < -0.39 is 0 Å². The summed E-state index contributed by atoms with van der Waals surface area (Å²) in [6.07, 6.45) is 12.4. The molecular formula is C28H39FN4S. The first-order valence-electron chi connectivity index (χ1n) is 12.4. The third-order valence-electron chi connectivity index (χ3n) is 6.87. The lowest BCUT2D eigenvalue weighted by atomic mass is 9.96. The van der Waals surface area contributed by atoms with Crippen LogP contribution in [0.5, 0.6) is 0 Å². The van der Waals surface area contributed by atoms with Gasteiger partial charge in [0.15, 0.2) is 0 Å². The molecule has 1 aromatic heterocycles. The van der Waals surface area contributed by atoms with Crippen molar-refractivity contribution in [3.05, 3.63) is 72.2 Å². The molecule has 0 spiro atoms. The number of rotatable bonds is 11. The molecule has 1 heterocycles. The fraction of sp³-hybridized carbons (Fsp3) is 0.464. The van der Waals surface area contributed by atoms with Crippen LogP contribution < -0.4 is 5.32 Å². The van der Waals surface area contributed by atoms with Gasteiger partial charge in [-0.1, -0.05) is 63.1 Å². The van der Waals surface area contributed by atoms with Crippen molar-refractivity contribution in [2.45, 2.75) is 63.7 Å². The molecule has 0 aliphatic heterocycles. The zero-order valence-corrected chi connectivity index (χ0v) is 21.8. The molecule has 0 bridgehead atoms. The number of aromatic nitrogens is 2. The molecule has 6 heteroatoms. The Morgan fingerprint density at radius 3 is 2.56 bits per heavy atom. The van der Waals surface area contributed by atoms with Crippen molar-refractivity contribution >= 4 is 23.5 Å². The van der Waals surface area contributed by atoms with Gasteiger partial charge in [0.2, 0.25) is 0 Å². The normalized spacial score (nSPS) is 15.1. The second-order valence-corrected chi connectivity index (χ2v) is 9.93. The molecule has 0 radical (unpaired) electrons. The fourth-order valence-corrected chi connectivity index (χ4v) is 4.96. The molecule has 2 aromatic rings. The van der Waals surface area contributed by atoms with Crippen LogP contribution in [0.15, 0.2) is 60.3 Å². The molecule has 1 saturated carbocycles. The molecule has 0 atom stereocenters. The van der Waals surface area contributed by atoms with Crippen molar-refractivity contribution in [1.82, 2.24) is 20.0 Å². The van der Waals surface area contributed by atoms with E-state index in [-0.39, 0.29) is 12.1 Å². The second kappa shape index (κ2) is 12.8. The third-order valence-corrected chi connectivity index (χ3v) is 7.44. The number of hydrogen-bond donors (Lipinski definition) is 1. The van der Waals surface area contributed by atoms with Crippen LogP contribution in [-0.4, -0.2) is 34.8 Å². The highest BCUT2D eigenvalue weighted by molar-refractivity contribution is 7.94. The summed E-state index contributed by atoms with van der Waals surface area (Å²) in [5.41, 5.74) is 5.19. The number of allylic oxidation sites excluding steroid dienone is 3. The molecular weight excluding hydrogens is 443 g/mol. The Kier molecular flexibility index (Phi) is 9.87. The molecule has 1 N–H and O–H groups in total. The van der Waals surface area contributed by atoms with E-state index in [0.717, 1.165) is 42.2 Å². The highest BCUT2D eigenvalue weighted by Gasteiger charge is 2.18. The summed E-state index contributed by atoms with van der Waals surface area (Å²) in [5, 5.41) is 7.96. The average molecular weight is 483 g/mol.